The third-order valence-electron chi connectivity index (χ3n) is 8.22. The smallest absolute Gasteiger partial charge is 0.338 e. The first-order valence-corrected chi connectivity index (χ1v) is 20.2. The second kappa shape index (κ2) is 41.1. The largest absolute Gasteiger partial charge is 0.460 e. The Morgan fingerprint density at radius 3 is 0.961 bits per heavy atom. The molecule has 0 unspecified atom stereocenters. The van der Waals surface area contributed by atoms with E-state index in [-0.39, 0.29) is 12.6 Å². The lowest BCUT2D eigenvalue weighted by Gasteiger charge is -2.09. The second-order valence-electron chi connectivity index (χ2n) is 12.7. The van der Waals surface area contributed by atoms with Gasteiger partial charge >= 0.3 is 5.97 Å². The van der Waals surface area contributed by atoms with Gasteiger partial charge in [0, 0.05) is 6.61 Å². The van der Waals surface area contributed by atoms with Crippen molar-refractivity contribution in [1.82, 2.24) is 0 Å². The molecule has 0 aromatic heterocycles. The lowest BCUT2D eigenvalue weighted by Crippen LogP contribution is -2.15. The Morgan fingerprint density at radius 1 is 0.353 bits per heavy atom. The van der Waals surface area contributed by atoms with E-state index in [9.17, 15) is 4.79 Å². The Kier molecular flexibility index (Phi) is 38.2. The molecule has 0 N–H and O–H groups in total. The Balaban J connectivity index is 1.62. The molecule has 0 aliphatic carbocycles. The summed E-state index contributed by atoms with van der Waals surface area (Å²) in [7, 11) is 0. The molecule has 0 fully saturated rings. The standard InChI is InChI=1S/C41H74O10/c1-2-3-4-5-6-7-8-9-10-11-12-13-14-15-16-20-23-43-24-25-44-26-27-45-28-29-46-30-31-47-32-33-48-34-35-49-36-37-50-38-39-51-41(42)40-21-18-17-19-22-40/h17-19,21-22H,2-16,20,23-39H2,1H3. The van der Waals surface area contributed by atoms with Crippen LogP contribution in [0.2, 0.25) is 0 Å². The van der Waals surface area contributed by atoms with E-state index < -0.39 is 0 Å². The predicted octanol–water partition coefficient (Wildman–Crippen LogP) is 8.24. The summed E-state index contributed by atoms with van der Waals surface area (Å²) in [5.41, 5.74) is 0.532. The minimum Gasteiger partial charge on any atom is -0.460 e. The van der Waals surface area contributed by atoms with Crippen LogP contribution in [0.15, 0.2) is 30.3 Å². The van der Waals surface area contributed by atoms with Crippen LogP contribution in [0.5, 0.6) is 0 Å². The lowest BCUT2D eigenvalue weighted by atomic mass is 10.0. The summed E-state index contributed by atoms with van der Waals surface area (Å²) in [5, 5.41) is 0. The summed E-state index contributed by atoms with van der Waals surface area (Å²) in [6.07, 6.45) is 22.2. The van der Waals surface area contributed by atoms with Crippen molar-refractivity contribution >= 4 is 5.97 Å². The normalized spacial score (nSPS) is 11.4. The number of esters is 1. The van der Waals surface area contributed by atoms with Crippen LogP contribution in [0.4, 0.5) is 0 Å². The molecule has 10 nitrogen and oxygen atoms in total. The van der Waals surface area contributed by atoms with E-state index in [4.69, 9.17) is 42.6 Å². The zero-order valence-corrected chi connectivity index (χ0v) is 32.3. The van der Waals surface area contributed by atoms with Crippen LogP contribution >= 0.6 is 0 Å². The van der Waals surface area contributed by atoms with Crippen LogP contribution in [-0.4, -0.2) is 118 Å². The van der Waals surface area contributed by atoms with Crippen LogP contribution in [0, 0.1) is 0 Å². The molecule has 0 atom stereocenters. The molecule has 0 aliphatic heterocycles. The molecule has 1 rings (SSSR count). The first-order chi connectivity index (χ1) is 25.3. The number of benzene rings is 1. The minimum absolute atomic E-state index is 0.210. The van der Waals surface area contributed by atoms with Crippen LogP contribution < -0.4 is 0 Å². The van der Waals surface area contributed by atoms with Gasteiger partial charge in [0.05, 0.1) is 105 Å². The third-order valence-corrected chi connectivity index (χ3v) is 8.22. The summed E-state index contributed by atoms with van der Waals surface area (Å²) in [6.45, 7) is 11.0. The number of rotatable bonds is 42. The summed E-state index contributed by atoms with van der Waals surface area (Å²) >= 11 is 0. The summed E-state index contributed by atoms with van der Waals surface area (Å²) in [4.78, 5) is 11.8. The highest BCUT2D eigenvalue weighted by Gasteiger charge is 2.05. The van der Waals surface area contributed by atoms with Gasteiger partial charge in [-0.25, -0.2) is 4.79 Å². The van der Waals surface area contributed by atoms with Gasteiger partial charge < -0.3 is 42.6 Å². The SMILES string of the molecule is CCCCCCCCCCCCCCCCCCOCCOCCOCCOCCOCCOCCOCCOCCOC(=O)c1ccccc1. The zero-order chi connectivity index (χ0) is 36.4. The van der Waals surface area contributed by atoms with Gasteiger partial charge in [-0.1, -0.05) is 121 Å². The molecule has 10 heteroatoms. The molecule has 0 aliphatic rings. The molecule has 298 valence electrons. The molecule has 51 heavy (non-hydrogen) atoms. The molecular formula is C41H74O10. The number of carbonyl (C=O) groups excluding carboxylic acids is 1. The predicted molar refractivity (Wildman–Crippen MR) is 203 cm³/mol. The number of hydrogen-bond acceptors (Lipinski definition) is 10. The summed E-state index contributed by atoms with van der Waals surface area (Å²) < 4.78 is 49.3. The maximum Gasteiger partial charge on any atom is 0.338 e. The van der Waals surface area contributed by atoms with Crippen LogP contribution in [-0.2, 0) is 42.6 Å². The minimum atomic E-state index is -0.349. The van der Waals surface area contributed by atoms with Gasteiger partial charge in [0.1, 0.15) is 6.61 Å². The Hall–Kier alpha value is -1.63. The maximum atomic E-state index is 11.8. The summed E-state index contributed by atoms with van der Waals surface area (Å²) in [6, 6.07) is 8.89. The quantitative estimate of drug-likeness (QED) is 0.0484. The second-order valence-corrected chi connectivity index (χ2v) is 12.7. The first-order valence-electron chi connectivity index (χ1n) is 20.2. The fourth-order valence-electron chi connectivity index (χ4n) is 5.24. The molecule has 0 bridgehead atoms. The molecule has 0 spiro atoms. The van der Waals surface area contributed by atoms with Crippen molar-refractivity contribution in [2.75, 3.05) is 112 Å². The molecule has 1 aromatic carbocycles. The van der Waals surface area contributed by atoms with E-state index in [1.54, 1.807) is 24.3 Å². The van der Waals surface area contributed by atoms with Gasteiger partial charge in [0.2, 0.25) is 0 Å². The summed E-state index contributed by atoms with van der Waals surface area (Å²) in [5.74, 6) is -0.349. The van der Waals surface area contributed by atoms with E-state index in [1.165, 1.54) is 96.3 Å². The number of ether oxygens (including phenoxy) is 9. The molecule has 0 saturated carbocycles. The van der Waals surface area contributed by atoms with Crippen molar-refractivity contribution in [3.8, 4) is 0 Å². The highest BCUT2D eigenvalue weighted by molar-refractivity contribution is 5.89. The van der Waals surface area contributed by atoms with Crippen molar-refractivity contribution in [2.45, 2.75) is 110 Å². The van der Waals surface area contributed by atoms with E-state index in [1.807, 2.05) is 6.07 Å². The monoisotopic (exact) mass is 727 g/mol. The Labute approximate surface area is 310 Å². The van der Waals surface area contributed by atoms with Crippen LogP contribution in [0.3, 0.4) is 0 Å². The average molecular weight is 727 g/mol. The van der Waals surface area contributed by atoms with Gasteiger partial charge in [-0.05, 0) is 18.6 Å². The third kappa shape index (κ3) is 36.5. The Morgan fingerprint density at radius 2 is 0.627 bits per heavy atom. The molecule has 1 aromatic rings. The van der Waals surface area contributed by atoms with Gasteiger partial charge in [0.15, 0.2) is 0 Å². The highest BCUT2D eigenvalue weighted by atomic mass is 16.6. The molecule has 0 heterocycles. The van der Waals surface area contributed by atoms with Crippen LogP contribution in [0.1, 0.15) is 120 Å². The fourth-order valence-corrected chi connectivity index (χ4v) is 5.24. The molecule has 0 radical (unpaired) electrons. The van der Waals surface area contributed by atoms with Crippen molar-refractivity contribution in [3.05, 3.63) is 35.9 Å². The Bertz CT molecular complexity index is 813. The number of carbonyl (C=O) groups is 1. The molecule has 0 saturated heterocycles. The number of unbranched alkanes of at least 4 members (excludes halogenated alkanes) is 15. The van der Waals surface area contributed by atoms with Crippen molar-refractivity contribution in [2.24, 2.45) is 0 Å². The van der Waals surface area contributed by atoms with Crippen molar-refractivity contribution in [3.63, 3.8) is 0 Å². The van der Waals surface area contributed by atoms with Gasteiger partial charge in [-0.2, -0.15) is 0 Å². The molecule has 0 amide bonds. The first kappa shape index (κ1) is 47.4. The topological polar surface area (TPSA) is 100 Å². The molecular weight excluding hydrogens is 652 g/mol. The lowest BCUT2D eigenvalue weighted by molar-refractivity contribution is -0.0244. The van der Waals surface area contributed by atoms with E-state index in [0.29, 0.717) is 105 Å². The maximum absolute atomic E-state index is 11.8. The van der Waals surface area contributed by atoms with E-state index >= 15 is 0 Å². The number of hydrogen-bond donors (Lipinski definition) is 0. The van der Waals surface area contributed by atoms with Gasteiger partial charge in [-0.15, -0.1) is 0 Å². The van der Waals surface area contributed by atoms with Gasteiger partial charge in [-0.3, -0.25) is 0 Å². The van der Waals surface area contributed by atoms with Gasteiger partial charge in [0.25, 0.3) is 0 Å². The highest BCUT2D eigenvalue weighted by Crippen LogP contribution is 2.13. The van der Waals surface area contributed by atoms with E-state index in [2.05, 4.69) is 6.92 Å². The average Bonchev–Trinajstić information content (AvgIpc) is 3.15. The zero-order valence-electron chi connectivity index (χ0n) is 32.3. The van der Waals surface area contributed by atoms with E-state index in [0.717, 1.165) is 13.0 Å². The van der Waals surface area contributed by atoms with Crippen LogP contribution in [0.25, 0.3) is 0 Å². The fraction of sp³-hybridized carbons (Fsp3) is 0.829. The van der Waals surface area contributed by atoms with Crippen molar-refractivity contribution in [1.29, 1.82) is 0 Å². The van der Waals surface area contributed by atoms with Crippen molar-refractivity contribution < 1.29 is 47.4 Å².